The third-order valence-electron chi connectivity index (χ3n) is 3.88. The van der Waals surface area contributed by atoms with E-state index in [1.807, 2.05) is 0 Å². The summed E-state index contributed by atoms with van der Waals surface area (Å²) in [6, 6.07) is 7.38. The number of nitrogens with two attached hydrogens (primary N) is 1. The smallest absolute Gasteiger partial charge is 0.0388 e. The number of halogens is 1. The van der Waals surface area contributed by atoms with Crippen molar-refractivity contribution in [3.8, 4) is 0 Å². The molecule has 0 amide bonds. The SMILES string of the molecule is CCC(N)Cc1ccc(N(CC)C(C)CN(C)C)cc1Br. The average molecular weight is 356 g/mol. The Morgan fingerprint density at radius 2 is 1.90 bits per heavy atom. The third-order valence-corrected chi connectivity index (χ3v) is 4.62. The van der Waals surface area contributed by atoms with Crippen molar-refractivity contribution in [3.05, 3.63) is 28.2 Å². The van der Waals surface area contributed by atoms with E-state index in [0.29, 0.717) is 6.04 Å². The molecular formula is C17H30BrN3. The molecule has 0 aromatic heterocycles. The molecule has 0 aliphatic rings. The molecule has 0 spiro atoms. The summed E-state index contributed by atoms with van der Waals surface area (Å²) in [6.45, 7) is 8.68. The highest BCUT2D eigenvalue weighted by molar-refractivity contribution is 9.10. The molecule has 21 heavy (non-hydrogen) atoms. The van der Waals surface area contributed by atoms with Crippen molar-refractivity contribution in [3.63, 3.8) is 0 Å². The Hall–Kier alpha value is -0.580. The summed E-state index contributed by atoms with van der Waals surface area (Å²) in [4.78, 5) is 4.67. The molecule has 1 aromatic rings. The first kappa shape index (κ1) is 18.5. The quantitative estimate of drug-likeness (QED) is 0.774. The Morgan fingerprint density at radius 1 is 1.24 bits per heavy atom. The van der Waals surface area contributed by atoms with Gasteiger partial charge in [0.2, 0.25) is 0 Å². The van der Waals surface area contributed by atoms with Gasteiger partial charge in [0.05, 0.1) is 0 Å². The molecule has 0 fully saturated rings. The third kappa shape index (κ3) is 5.61. The molecule has 0 aliphatic carbocycles. The summed E-state index contributed by atoms with van der Waals surface area (Å²) < 4.78 is 1.17. The molecule has 0 heterocycles. The van der Waals surface area contributed by atoms with Gasteiger partial charge in [0, 0.05) is 35.3 Å². The highest BCUT2D eigenvalue weighted by Crippen LogP contribution is 2.26. The minimum Gasteiger partial charge on any atom is -0.368 e. The maximum Gasteiger partial charge on any atom is 0.0388 e. The second-order valence-electron chi connectivity index (χ2n) is 6.05. The zero-order valence-electron chi connectivity index (χ0n) is 14.1. The van der Waals surface area contributed by atoms with Crippen LogP contribution in [0.25, 0.3) is 0 Å². The number of benzene rings is 1. The maximum atomic E-state index is 6.06. The molecule has 1 aromatic carbocycles. The molecule has 0 saturated carbocycles. The predicted octanol–water partition coefficient (Wildman–Crippen LogP) is 3.51. The van der Waals surface area contributed by atoms with E-state index in [9.17, 15) is 0 Å². The average Bonchev–Trinajstić information content (AvgIpc) is 2.41. The van der Waals surface area contributed by atoms with Crippen LogP contribution in [-0.2, 0) is 6.42 Å². The molecule has 2 unspecified atom stereocenters. The summed E-state index contributed by atoms with van der Waals surface area (Å²) in [6.07, 6.45) is 1.94. The van der Waals surface area contributed by atoms with Gasteiger partial charge in [-0.3, -0.25) is 0 Å². The molecule has 4 heteroatoms. The lowest BCUT2D eigenvalue weighted by molar-refractivity contribution is 0.373. The lowest BCUT2D eigenvalue weighted by atomic mass is 10.0. The lowest BCUT2D eigenvalue weighted by Gasteiger charge is -2.32. The van der Waals surface area contributed by atoms with Crippen molar-refractivity contribution in [2.75, 3.05) is 32.1 Å². The van der Waals surface area contributed by atoms with Gasteiger partial charge in [-0.15, -0.1) is 0 Å². The van der Waals surface area contributed by atoms with E-state index >= 15 is 0 Å². The summed E-state index contributed by atoms with van der Waals surface area (Å²) >= 11 is 3.71. The zero-order chi connectivity index (χ0) is 16.0. The van der Waals surface area contributed by atoms with Gasteiger partial charge in [-0.05, 0) is 58.5 Å². The van der Waals surface area contributed by atoms with Crippen LogP contribution in [0, 0.1) is 0 Å². The molecular weight excluding hydrogens is 326 g/mol. The minimum atomic E-state index is 0.238. The van der Waals surface area contributed by atoms with Gasteiger partial charge in [0.15, 0.2) is 0 Å². The Bertz CT molecular complexity index is 434. The molecule has 3 nitrogen and oxygen atoms in total. The number of hydrogen-bond donors (Lipinski definition) is 1. The molecule has 2 atom stereocenters. The summed E-state index contributed by atoms with van der Waals surface area (Å²) in [5, 5.41) is 0. The fourth-order valence-corrected chi connectivity index (χ4v) is 3.21. The maximum absolute atomic E-state index is 6.06. The summed E-state index contributed by atoms with van der Waals surface area (Å²) in [5.74, 6) is 0. The van der Waals surface area contributed by atoms with Crippen molar-refractivity contribution < 1.29 is 0 Å². The van der Waals surface area contributed by atoms with Gasteiger partial charge < -0.3 is 15.5 Å². The standard InChI is InChI=1S/C17H30BrN3/c1-6-15(19)10-14-8-9-16(11-17(14)18)21(7-2)13(3)12-20(4)5/h8-9,11,13,15H,6-7,10,12,19H2,1-5H3. The molecule has 2 N–H and O–H groups in total. The molecule has 120 valence electrons. The highest BCUT2D eigenvalue weighted by atomic mass is 79.9. The number of anilines is 1. The monoisotopic (exact) mass is 355 g/mol. The van der Waals surface area contributed by atoms with Crippen molar-refractivity contribution in [2.24, 2.45) is 5.73 Å². The zero-order valence-corrected chi connectivity index (χ0v) is 15.7. The van der Waals surface area contributed by atoms with Gasteiger partial charge >= 0.3 is 0 Å². The van der Waals surface area contributed by atoms with Crippen LogP contribution in [0.2, 0.25) is 0 Å². The van der Waals surface area contributed by atoms with Crippen molar-refractivity contribution in [1.82, 2.24) is 4.90 Å². The van der Waals surface area contributed by atoms with E-state index in [2.05, 4.69) is 78.8 Å². The van der Waals surface area contributed by atoms with Crippen LogP contribution in [0.4, 0.5) is 5.69 Å². The van der Waals surface area contributed by atoms with Crippen LogP contribution >= 0.6 is 15.9 Å². The number of nitrogens with zero attached hydrogens (tertiary/aromatic N) is 2. The van der Waals surface area contributed by atoms with Crippen molar-refractivity contribution in [1.29, 1.82) is 0 Å². The van der Waals surface area contributed by atoms with Crippen LogP contribution in [0.5, 0.6) is 0 Å². The van der Waals surface area contributed by atoms with Crippen LogP contribution in [0.15, 0.2) is 22.7 Å². The second-order valence-corrected chi connectivity index (χ2v) is 6.90. The van der Waals surface area contributed by atoms with E-state index in [-0.39, 0.29) is 6.04 Å². The van der Waals surface area contributed by atoms with Gasteiger partial charge in [0.1, 0.15) is 0 Å². The Labute approximate surface area is 138 Å². The van der Waals surface area contributed by atoms with Gasteiger partial charge in [0.25, 0.3) is 0 Å². The Morgan fingerprint density at radius 3 is 2.38 bits per heavy atom. The van der Waals surface area contributed by atoms with Crippen LogP contribution in [0.3, 0.4) is 0 Å². The van der Waals surface area contributed by atoms with E-state index < -0.39 is 0 Å². The lowest BCUT2D eigenvalue weighted by Crippen LogP contribution is -2.40. The highest BCUT2D eigenvalue weighted by Gasteiger charge is 2.15. The normalized spacial score (nSPS) is 14.3. The van der Waals surface area contributed by atoms with E-state index in [0.717, 1.165) is 25.9 Å². The van der Waals surface area contributed by atoms with E-state index in [1.165, 1.54) is 15.7 Å². The Kier molecular flexibility index (Phi) is 7.71. The number of rotatable bonds is 8. The fraction of sp³-hybridized carbons (Fsp3) is 0.647. The van der Waals surface area contributed by atoms with Crippen LogP contribution in [-0.4, -0.2) is 44.2 Å². The van der Waals surface area contributed by atoms with Gasteiger partial charge in [-0.25, -0.2) is 0 Å². The Balaban J connectivity index is 2.89. The first-order chi connectivity index (χ1) is 9.88. The molecule has 0 aliphatic heterocycles. The molecule has 1 rings (SSSR count). The summed E-state index contributed by atoms with van der Waals surface area (Å²) in [5.41, 5.74) is 8.63. The topological polar surface area (TPSA) is 32.5 Å². The van der Waals surface area contributed by atoms with Crippen LogP contribution < -0.4 is 10.6 Å². The first-order valence-corrected chi connectivity index (χ1v) is 8.63. The van der Waals surface area contributed by atoms with E-state index in [1.54, 1.807) is 0 Å². The molecule has 0 radical (unpaired) electrons. The second kappa shape index (κ2) is 8.76. The van der Waals surface area contributed by atoms with Gasteiger partial charge in [-0.2, -0.15) is 0 Å². The van der Waals surface area contributed by atoms with Crippen molar-refractivity contribution >= 4 is 21.6 Å². The predicted molar refractivity (Wildman–Crippen MR) is 97.1 cm³/mol. The number of hydrogen-bond acceptors (Lipinski definition) is 3. The minimum absolute atomic E-state index is 0.238. The summed E-state index contributed by atoms with van der Waals surface area (Å²) in [7, 11) is 4.24. The van der Waals surface area contributed by atoms with Crippen LogP contribution in [0.1, 0.15) is 32.8 Å². The number of likely N-dealkylation sites (N-methyl/N-ethyl adjacent to an activating group) is 2. The fourth-order valence-electron chi connectivity index (χ4n) is 2.68. The molecule has 0 bridgehead atoms. The van der Waals surface area contributed by atoms with Gasteiger partial charge in [-0.1, -0.05) is 28.9 Å². The van der Waals surface area contributed by atoms with E-state index in [4.69, 9.17) is 5.73 Å². The largest absolute Gasteiger partial charge is 0.368 e. The van der Waals surface area contributed by atoms with Crippen molar-refractivity contribution in [2.45, 2.75) is 45.7 Å². The first-order valence-electron chi connectivity index (χ1n) is 7.84. The molecule has 0 saturated heterocycles.